The second-order valence-corrected chi connectivity index (χ2v) is 3.95. The average molecular weight is 221 g/mol. The van der Waals surface area contributed by atoms with Gasteiger partial charge in [-0.1, -0.05) is 12.1 Å². The van der Waals surface area contributed by atoms with Crippen molar-refractivity contribution >= 4 is 5.97 Å². The number of carbonyl (C=O) groups excluding carboxylic acids is 1. The molecule has 86 valence electrons. The molecule has 0 aromatic heterocycles. The van der Waals surface area contributed by atoms with E-state index in [1.54, 1.807) is 19.1 Å². The maximum atomic E-state index is 11.4. The van der Waals surface area contributed by atoms with E-state index in [2.05, 4.69) is 0 Å². The molecule has 0 amide bonds. The van der Waals surface area contributed by atoms with E-state index < -0.39 is 0 Å². The maximum absolute atomic E-state index is 11.4. The van der Waals surface area contributed by atoms with Gasteiger partial charge >= 0.3 is 5.97 Å². The van der Waals surface area contributed by atoms with Crippen LogP contribution in [0.1, 0.15) is 22.8 Å². The Bertz CT molecular complexity index is 382. The standard InChI is InChI=1S/C12H15NO3/c1-2-16-11(14)9-3-5-10(6-4-9)12(13)7-15-8-12/h3-6H,2,7-8,13H2,1H3. The molecule has 0 saturated carbocycles. The summed E-state index contributed by atoms with van der Waals surface area (Å²) in [5.74, 6) is -0.301. The summed E-state index contributed by atoms with van der Waals surface area (Å²) in [6.07, 6.45) is 0. The molecule has 2 N–H and O–H groups in total. The molecule has 1 fully saturated rings. The molecule has 0 spiro atoms. The van der Waals surface area contributed by atoms with Crippen molar-refractivity contribution in [1.29, 1.82) is 0 Å². The summed E-state index contributed by atoms with van der Waals surface area (Å²) in [4.78, 5) is 11.4. The minimum absolute atomic E-state index is 0.301. The first kappa shape index (κ1) is 11.1. The highest BCUT2D eigenvalue weighted by Gasteiger charge is 2.35. The van der Waals surface area contributed by atoms with E-state index in [1.165, 1.54) is 0 Å². The number of ether oxygens (including phenoxy) is 2. The Morgan fingerprint density at radius 1 is 1.44 bits per heavy atom. The van der Waals surface area contributed by atoms with Gasteiger partial charge in [0.25, 0.3) is 0 Å². The molecule has 1 aliphatic rings. The fourth-order valence-electron chi connectivity index (χ4n) is 1.64. The Morgan fingerprint density at radius 3 is 2.50 bits per heavy atom. The lowest BCUT2D eigenvalue weighted by Gasteiger charge is -2.38. The summed E-state index contributed by atoms with van der Waals surface area (Å²) >= 11 is 0. The molecule has 1 saturated heterocycles. The molecule has 1 aromatic carbocycles. The Kier molecular flexibility index (Phi) is 2.94. The number of carbonyl (C=O) groups is 1. The van der Waals surface area contributed by atoms with E-state index in [1.807, 2.05) is 12.1 Å². The zero-order valence-corrected chi connectivity index (χ0v) is 9.23. The third-order valence-corrected chi connectivity index (χ3v) is 2.69. The zero-order valence-electron chi connectivity index (χ0n) is 9.23. The van der Waals surface area contributed by atoms with Crippen LogP contribution in [0.5, 0.6) is 0 Å². The molecule has 0 unspecified atom stereocenters. The molecule has 4 heteroatoms. The van der Waals surface area contributed by atoms with Crippen molar-refractivity contribution in [3.63, 3.8) is 0 Å². The quantitative estimate of drug-likeness (QED) is 0.775. The number of hydrogen-bond donors (Lipinski definition) is 1. The van der Waals surface area contributed by atoms with Crippen molar-refractivity contribution in [1.82, 2.24) is 0 Å². The van der Waals surface area contributed by atoms with Crippen LogP contribution in [0.2, 0.25) is 0 Å². The smallest absolute Gasteiger partial charge is 0.338 e. The first-order valence-electron chi connectivity index (χ1n) is 5.30. The summed E-state index contributed by atoms with van der Waals surface area (Å²) in [5, 5.41) is 0. The summed E-state index contributed by atoms with van der Waals surface area (Å²) in [6, 6.07) is 7.18. The summed E-state index contributed by atoms with van der Waals surface area (Å²) in [7, 11) is 0. The third-order valence-electron chi connectivity index (χ3n) is 2.69. The Morgan fingerprint density at radius 2 is 2.06 bits per heavy atom. The van der Waals surface area contributed by atoms with Crippen LogP contribution in [0.25, 0.3) is 0 Å². The molecule has 0 radical (unpaired) electrons. The second-order valence-electron chi connectivity index (χ2n) is 3.95. The van der Waals surface area contributed by atoms with Gasteiger partial charge in [0.2, 0.25) is 0 Å². The van der Waals surface area contributed by atoms with Gasteiger partial charge in [0, 0.05) is 0 Å². The lowest BCUT2D eigenvalue weighted by molar-refractivity contribution is -0.0569. The largest absolute Gasteiger partial charge is 0.462 e. The third kappa shape index (κ3) is 1.94. The van der Waals surface area contributed by atoms with E-state index >= 15 is 0 Å². The SMILES string of the molecule is CCOC(=O)c1ccc(C2(N)COC2)cc1. The van der Waals surface area contributed by atoms with Crippen molar-refractivity contribution < 1.29 is 14.3 Å². The molecule has 16 heavy (non-hydrogen) atoms. The lowest BCUT2D eigenvalue weighted by atomic mass is 9.89. The van der Waals surface area contributed by atoms with Crippen LogP contribution in [0, 0.1) is 0 Å². The predicted molar refractivity (Wildman–Crippen MR) is 59.1 cm³/mol. The van der Waals surface area contributed by atoms with Crippen LogP contribution in [-0.4, -0.2) is 25.8 Å². The normalized spacial score (nSPS) is 17.6. The van der Waals surface area contributed by atoms with Crippen molar-refractivity contribution in [2.75, 3.05) is 19.8 Å². The van der Waals surface area contributed by atoms with Crippen molar-refractivity contribution in [2.45, 2.75) is 12.5 Å². The molecule has 1 heterocycles. The van der Waals surface area contributed by atoms with E-state index in [4.69, 9.17) is 15.2 Å². The Balaban J connectivity index is 2.13. The second kappa shape index (κ2) is 4.23. The van der Waals surface area contributed by atoms with E-state index in [0.29, 0.717) is 25.4 Å². The molecule has 1 aliphatic heterocycles. The van der Waals surface area contributed by atoms with E-state index in [9.17, 15) is 4.79 Å². The highest BCUT2D eigenvalue weighted by atomic mass is 16.5. The Labute approximate surface area is 94.3 Å². The number of nitrogens with two attached hydrogens (primary N) is 1. The van der Waals surface area contributed by atoms with Gasteiger partial charge in [0.05, 0.1) is 30.9 Å². The van der Waals surface area contributed by atoms with Crippen LogP contribution in [0.4, 0.5) is 0 Å². The minimum atomic E-state index is -0.382. The van der Waals surface area contributed by atoms with Gasteiger partial charge in [0.15, 0.2) is 0 Å². The summed E-state index contributed by atoms with van der Waals surface area (Å²) in [5.41, 5.74) is 7.23. The highest BCUT2D eigenvalue weighted by Crippen LogP contribution is 2.26. The molecule has 0 atom stereocenters. The molecule has 0 aliphatic carbocycles. The van der Waals surface area contributed by atoms with E-state index in [-0.39, 0.29) is 11.5 Å². The van der Waals surface area contributed by atoms with Crippen molar-refractivity contribution in [3.05, 3.63) is 35.4 Å². The van der Waals surface area contributed by atoms with Gasteiger partial charge in [-0.15, -0.1) is 0 Å². The van der Waals surface area contributed by atoms with Crippen molar-refractivity contribution in [2.24, 2.45) is 5.73 Å². The fraction of sp³-hybridized carbons (Fsp3) is 0.417. The monoisotopic (exact) mass is 221 g/mol. The van der Waals surface area contributed by atoms with Gasteiger partial charge in [0.1, 0.15) is 0 Å². The fourth-order valence-corrected chi connectivity index (χ4v) is 1.64. The molecule has 2 rings (SSSR count). The average Bonchev–Trinajstić information content (AvgIpc) is 2.26. The molecular weight excluding hydrogens is 206 g/mol. The summed E-state index contributed by atoms with van der Waals surface area (Å²) in [6.45, 7) is 3.24. The van der Waals surface area contributed by atoms with Gasteiger partial charge in [-0.2, -0.15) is 0 Å². The van der Waals surface area contributed by atoms with Gasteiger partial charge in [-0.25, -0.2) is 4.79 Å². The molecule has 4 nitrogen and oxygen atoms in total. The first-order chi connectivity index (χ1) is 7.65. The molecular formula is C12H15NO3. The molecule has 0 bridgehead atoms. The number of benzene rings is 1. The van der Waals surface area contributed by atoms with Crippen LogP contribution < -0.4 is 5.73 Å². The topological polar surface area (TPSA) is 61.5 Å². The highest BCUT2D eigenvalue weighted by molar-refractivity contribution is 5.89. The zero-order chi connectivity index (χ0) is 11.6. The maximum Gasteiger partial charge on any atom is 0.338 e. The van der Waals surface area contributed by atoms with Crippen LogP contribution in [0.3, 0.4) is 0 Å². The first-order valence-corrected chi connectivity index (χ1v) is 5.30. The summed E-state index contributed by atoms with van der Waals surface area (Å²) < 4.78 is 9.99. The van der Waals surface area contributed by atoms with Gasteiger partial charge in [-0.05, 0) is 24.6 Å². The van der Waals surface area contributed by atoms with Gasteiger partial charge < -0.3 is 15.2 Å². The lowest BCUT2D eigenvalue weighted by Crippen LogP contribution is -2.54. The minimum Gasteiger partial charge on any atom is -0.462 e. The van der Waals surface area contributed by atoms with Crippen LogP contribution in [-0.2, 0) is 15.0 Å². The van der Waals surface area contributed by atoms with Crippen LogP contribution >= 0.6 is 0 Å². The van der Waals surface area contributed by atoms with Gasteiger partial charge in [-0.3, -0.25) is 0 Å². The Hall–Kier alpha value is -1.39. The van der Waals surface area contributed by atoms with Crippen molar-refractivity contribution in [3.8, 4) is 0 Å². The molecule has 1 aromatic rings. The number of rotatable bonds is 3. The number of esters is 1. The number of hydrogen-bond acceptors (Lipinski definition) is 4. The van der Waals surface area contributed by atoms with Crippen LogP contribution in [0.15, 0.2) is 24.3 Å². The predicted octanol–water partition coefficient (Wildman–Crippen LogP) is 1.05. The van der Waals surface area contributed by atoms with E-state index in [0.717, 1.165) is 5.56 Å².